The summed E-state index contributed by atoms with van der Waals surface area (Å²) in [6, 6.07) is 23.8. The molecule has 0 spiro atoms. The fourth-order valence-corrected chi connectivity index (χ4v) is 4.14. The number of benzene rings is 3. The van der Waals surface area contributed by atoms with Crippen LogP contribution in [0.25, 0.3) is 27.9 Å². The van der Waals surface area contributed by atoms with Crippen LogP contribution in [0, 0.1) is 5.41 Å². The van der Waals surface area contributed by atoms with Crippen LogP contribution in [-0.2, 0) is 6.54 Å². The number of aromatic amines is 1. The predicted molar refractivity (Wildman–Crippen MR) is 150 cm³/mol. The molecule has 0 aliphatic carbocycles. The molecule has 11 nitrogen and oxygen atoms in total. The van der Waals surface area contributed by atoms with Gasteiger partial charge in [-0.2, -0.15) is 10.1 Å². The summed E-state index contributed by atoms with van der Waals surface area (Å²) in [6.45, 7) is 0.521. The summed E-state index contributed by atoms with van der Waals surface area (Å²) in [6.07, 6.45) is 5.90. The van der Waals surface area contributed by atoms with Gasteiger partial charge in [0.15, 0.2) is 0 Å². The Balaban J connectivity index is 1.31. The van der Waals surface area contributed by atoms with Crippen LogP contribution < -0.4 is 16.1 Å². The quantitative estimate of drug-likeness (QED) is 0.140. The van der Waals surface area contributed by atoms with Crippen LogP contribution in [0.5, 0.6) is 0 Å². The Hall–Kier alpha value is -5.58. The van der Waals surface area contributed by atoms with Crippen molar-refractivity contribution in [3.05, 3.63) is 90.9 Å². The van der Waals surface area contributed by atoms with Gasteiger partial charge in [-0.25, -0.2) is 19.5 Å². The minimum atomic E-state index is 0.402. The fourth-order valence-electron chi connectivity index (χ4n) is 4.14. The van der Waals surface area contributed by atoms with E-state index in [2.05, 4.69) is 42.2 Å². The van der Waals surface area contributed by atoms with E-state index in [0.717, 1.165) is 45.1 Å². The van der Waals surface area contributed by atoms with E-state index < -0.39 is 0 Å². The molecule has 0 aliphatic rings. The number of imidazole rings is 1. The molecule has 6 aromatic rings. The number of anilines is 4. The van der Waals surface area contributed by atoms with Crippen LogP contribution in [0.1, 0.15) is 5.56 Å². The Morgan fingerprint density at radius 1 is 0.921 bits per heavy atom. The van der Waals surface area contributed by atoms with Crippen molar-refractivity contribution in [2.75, 3.05) is 10.6 Å². The molecule has 0 bridgehead atoms. The molecule has 3 aromatic heterocycles. The maximum absolute atomic E-state index is 7.00. The predicted octanol–water partition coefficient (Wildman–Crippen LogP) is 4.90. The molecule has 3 aromatic carbocycles. The maximum Gasteiger partial charge on any atom is 0.241 e. The van der Waals surface area contributed by atoms with Crippen LogP contribution in [0.4, 0.5) is 23.3 Å². The number of nitrogens with zero attached hydrogens (tertiary/aromatic N) is 6. The van der Waals surface area contributed by atoms with E-state index >= 15 is 0 Å². The number of nitrogens with one attached hydrogen (secondary N) is 5. The molecule has 38 heavy (non-hydrogen) atoms. The zero-order valence-electron chi connectivity index (χ0n) is 20.1. The highest BCUT2D eigenvalue weighted by Gasteiger charge is 2.16. The summed E-state index contributed by atoms with van der Waals surface area (Å²) >= 11 is 0. The standard InChI is InChI=1S/C27H23N11/c28-11-13-32-33-16-18-4-3-5-20(14-18)34-25-30-17-31-26(37-25)38-24-7-2-1-6-23(24)36-27(38)35-21-8-9-22-19(15-21)10-12-29-22/h1-15,17,28-29,33H,16H2,(H,35,36)(H,30,31,34,37)/b28-11?,32-13-. The average molecular weight is 502 g/mol. The molecule has 0 atom stereocenters. The third-order valence-corrected chi connectivity index (χ3v) is 5.84. The van der Waals surface area contributed by atoms with Crippen molar-refractivity contribution in [2.24, 2.45) is 5.10 Å². The lowest BCUT2D eigenvalue weighted by Gasteiger charge is -2.11. The molecule has 11 heteroatoms. The lowest BCUT2D eigenvalue weighted by atomic mass is 10.2. The highest BCUT2D eigenvalue weighted by atomic mass is 15.3. The number of para-hydroxylation sites is 2. The SMILES string of the molecule is N=C/C=N\NCc1cccc(Nc2ncnc(-n3c(Nc4ccc5[nH]ccc5c4)nc4ccccc43)n2)c1. The van der Waals surface area contributed by atoms with Crippen LogP contribution >= 0.6 is 0 Å². The first kappa shape index (κ1) is 22.9. The molecule has 6 rings (SSSR count). The zero-order chi connectivity index (χ0) is 25.7. The van der Waals surface area contributed by atoms with E-state index in [-0.39, 0.29) is 0 Å². The van der Waals surface area contributed by atoms with Gasteiger partial charge in [-0.15, -0.1) is 0 Å². The molecule has 5 N–H and O–H groups in total. The lowest BCUT2D eigenvalue weighted by molar-refractivity contribution is 0.749. The van der Waals surface area contributed by atoms with Gasteiger partial charge in [-0.3, -0.25) is 0 Å². The van der Waals surface area contributed by atoms with Crippen molar-refractivity contribution in [1.82, 2.24) is 34.9 Å². The van der Waals surface area contributed by atoms with E-state index in [0.29, 0.717) is 24.4 Å². The molecule has 186 valence electrons. The number of hydrogen-bond acceptors (Lipinski definition) is 9. The van der Waals surface area contributed by atoms with Gasteiger partial charge in [0.1, 0.15) is 6.33 Å². The molecule has 0 unspecified atom stereocenters. The summed E-state index contributed by atoms with van der Waals surface area (Å²) in [5.41, 5.74) is 8.39. The first-order chi connectivity index (χ1) is 18.8. The average Bonchev–Trinajstić information content (AvgIpc) is 3.55. The third-order valence-electron chi connectivity index (χ3n) is 5.84. The van der Waals surface area contributed by atoms with Crippen LogP contribution in [-0.4, -0.2) is 41.9 Å². The van der Waals surface area contributed by atoms with Gasteiger partial charge >= 0.3 is 0 Å². The van der Waals surface area contributed by atoms with E-state index in [1.807, 2.05) is 77.5 Å². The van der Waals surface area contributed by atoms with E-state index in [1.54, 1.807) is 0 Å². The molecular weight excluding hydrogens is 478 g/mol. The van der Waals surface area contributed by atoms with Crippen molar-refractivity contribution in [1.29, 1.82) is 5.41 Å². The Morgan fingerprint density at radius 3 is 2.79 bits per heavy atom. The van der Waals surface area contributed by atoms with E-state index in [4.69, 9.17) is 15.4 Å². The minimum Gasteiger partial charge on any atom is -0.361 e. The van der Waals surface area contributed by atoms with Crippen molar-refractivity contribution in [2.45, 2.75) is 6.54 Å². The van der Waals surface area contributed by atoms with Gasteiger partial charge in [0.25, 0.3) is 0 Å². The molecule has 0 fully saturated rings. The summed E-state index contributed by atoms with van der Waals surface area (Å²) in [5.74, 6) is 1.43. The Morgan fingerprint density at radius 2 is 1.84 bits per heavy atom. The highest BCUT2D eigenvalue weighted by Crippen LogP contribution is 2.27. The number of hydrogen-bond donors (Lipinski definition) is 5. The minimum absolute atomic E-state index is 0.402. The number of hydrazone groups is 1. The van der Waals surface area contributed by atoms with Crippen LogP contribution in [0.3, 0.4) is 0 Å². The molecule has 0 saturated heterocycles. The molecule has 0 aliphatic heterocycles. The second kappa shape index (κ2) is 10.2. The number of aromatic nitrogens is 6. The van der Waals surface area contributed by atoms with Gasteiger partial charge < -0.3 is 26.5 Å². The van der Waals surface area contributed by atoms with Crippen molar-refractivity contribution < 1.29 is 0 Å². The van der Waals surface area contributed by atoms with E-state index in [1.165, 1.54) is 12.5 Å². The number of rotatable bonds is 9. The number of fused-ring (bicyclic) bond motifs is 2. The molecule has 3 heterocycles. The van der Waals surface area contributed by atoms with Gasteiger partial charge in [0.05, 0.1) is 23.8 Å². The molecular formula is C27H23N11. The van der Waals surface area contributed by atoms with E-state index in [9.17, 15) is 0 Å². The topological polar surface area (TPSA) is 145 Å². The van der Waals surface area contributed by atoms with Crippen molar-refractivity contribution in [3.8, 4) is 5.95 Å². The maximum atomic E-state index is 7.00. The first-order valence-electron chi connectivity index (χ1n) is 11.9. The van der Waals surface area contributed by atoms with Gasteiger partial charge in [-0.05, 0) is 54.1 Å². The van der Waals surface area contributed by atoms with Crippen molar-refractivity contribution in [3.63, 3.8) is 0 Å². The van der Waals surface area contributed by atoms with Gasteiger partial charge in [0.2, 0.25) is 17.8 Å². The van der Waals surface area contributed by atoms with Gasteiger partial charge in [0, 0.05) is 34.7 Å². The molecule has 0 amide bonds. The van der Waals surface area contributed by atoms with Gasteiger partial charge in [-0.1, -0.05) is 24.3 Å². The third kappa shape index (κ3) is 4.75. The lowest BCUT2D eigenvalue weighted by Crippen LogP contribution is -2.09. The highest BCUT2D eigenvalue weighted by molar-refractivity contribution is 6.14. The summed E-state index contributed by atoms with van der Waals surface area (Å²) < 4.78 is 1.88. The molecule has 0 radical (unpaired) electrons. The zero-order valence-corrected chi connectivity index (χ0v) is 20.1. The largest absolute Gasteiger partial charge is 0.361 e. The second-order valence-corrected chi connectivity index (χ2v) is 8.38. The smallest absolute Gasteiger partial charge is 0.241 e. The first-order valence-corrected chi connectivity index (χ1v) is 11.9. The summed E-state index contributed by atoms with van der Waals surface area (Å²) in [5, 5.41) is 18.7. The van der Waals surface area contributed by atoms with Crippen LogP contribution in [0.2, 0.25) is 0 Å². The normalized spacial score (nSPS) is 11.3. The number of H-pyrrole nitrogens is 1. The Kier molecular flexibility index (Phi) is 6.13. The molecule has 0 saturated carbocycles. The Bertz CT molecular complexity index is 1770. The fraction of sp³-hybridized carbons (Fsp3) is 0.0370. The van der Waals surface area contributed by atoms with Crippen molar-refractivity contribution >= 4 is 57.6 Å². The summed E-state index contributed by atoms with van der Waals surface area (Å²) in [4.78, 5) is 21.5. The monoisotopic (exact) mass is 501 g/mol. The second-order valence-electron chi connectivity index (χ2n) is 8.38. The summed E-state index contributed by atoms with van der Waals surface area (Å²) in [7, 11) is 0. The van der Waals surface area contributed by atoms with Crippen LogP contribution in [0.15, 0.2) is 90.4 Å². The Labute approximate surface area is 217 Å².